The van der Waals surface area contributed by atoms with Crippen LogP contribution in [0.15, 0.2) is 48.7 Å². The molecule has 22 heavy (non-hydrogen) atoms. The third-order valence-corrected chi connectivity index (χ3v) is 3.07. The van der Waals surface area contributed by atoms with Gasteiger partial charge in [0.2, 0.25) is 0 Å². The second kappa shape index (κ2) is 8.17. The third kappa shape index (κ3) is 5.20. The van der Waals surface area contributed by atoms with E-state index in [9.17, 15) is 4.79 Å². The van der Waals surface area contributed by atoms with E-state index in [-0.39, 0.29) is 5.91 Å². The summed E-state index contributed by atoms with van der Waals surface area (Å²) in [4.78, 5) is 16.4. The Morgan fingerprint density at radius 1 is 1.23 bits per heavy atom. The van der Waals surface area contributed by atoms with Gasteiger partial charge in [0, 0.05) is 30.4 Å². The fourth-order valence-electron chi connectivity index (χ4n) is 1.94. The molecule has 0 aliphatic carbocycles. The topological polar surface area (TPSA) is 51.2 Å². The van der Waals surface area contributed by atoms with Crippen molar-refractivity contribution in [3.63, 3.8) is 0 Å². The molecule has 0 fully saturated rings. The number of nitrogens with one attached hydrogen (secondary N) is 1. The summed E-state index contributed by atoms with van der Waals surface area (Å²) in [5, 5.41) is 2.91. The third-order valence-electron chi connectivity index (χ3n) is 3.07. The molecule has 0 unspecified atom stereocenters. The predicted octanol–water partition coefficient (Wildman–Crippen LogP) is 3.09. The molecule has 0 aliphatic heterocycles. The second-order valence-electron chi connectivity index (χ2n) is 5.56. The molecule has 0 saturated heterocycles. The zero-order chi connectivity index (χ0) is 15.8. The van der Waals surface area contributed by atoms with E-state index in [0.29, 0.717) is 24.6 Å². The Morgan fingerprint density at radius 2 is 2.09 bits per heavy atom. The Kier molecular flexibility index (Phi) is 5.95. The van der Waals surface area contributed by atoms with Crippen LogP contribution in [-0.2, 0) is 6.42 Å². The maximum atomic E-state index is 12.1. The van der Waals surface area contributed by atoms with Gasteiger partial charge in [0.1, 0.15) is 5.75 Å². The Morgan fingerprint density at radius 3 is 2.82 bits per heavy atom. The van der Waals surface area contributed by atoms with E-state index in [2.05, 4.69) is 24.1 Å². The van der Waals surface area contributed by atoms with Gasteiger partial charge in [0.25, 0.3) is 5.91 Å². The Bertz CT molecular complexity index is 597. The van der Waals surface area contributed by atoms with Crippen molar-refractivity contribution < 1.29 is 9.53 Å². The van der Waals surface area contributed by atoms with Gasteiger partial charge in [-0.3, -0.25) is 9.78 Å². The molecule has 0 radical (unpaired) electrons. The molecule has 2 aromatic rings. The molecule has 2 rings (SSSR count). The van der Waals surface area contributed by atoms with Crippen molar-refractivity contribution in [1.82, 2.24) is 10.3 Å². The van der Waals surface area contributed by atoms with Crippen LogP contribution in [0.25, 0.3) is 0 Å². The minimum Gasteiger partial charge on any atom is -0.493 e. The average molecular weight is 298 g/mol. The number of ether oxygens (including phenoxy) is 1. The van der Waals surface area contributed by atoms with Crippen molar-refractivity contribution in [3.8, 4) is 5.75 Å². The van der Waals surface area contributed by atoms with Crippen molar-refractivity contribution in [2.75, 3.05) is 13.2 Å². The SMILES string of the molecule is CC(C)COc1cccc(C(=O)NCCc2ccccn2)c1. The van der Waals surface area contributed by atoms with E-state index in [0.717, 1.165) is 17.9 Å². The monoisotopic (exact) mass is 298 g/mol. The zero-order valence-electron chi connectivity index (χ0n) is 13.1. The quantitative estimate of drug-likeness (QED) is 0.854. The number of hydrogen-bond acceptors (Lipinski definition) is 3. The molecule has 4 heteroatoms. The predicted molar refractivity (Wildman–Crippen MR) is 87.0 cm³/mol. The number of carbonyl (C=O) groups is 1. The zero-order valence-corrected chi connectivity index (χ0v) is 13.1. The lowest BCUT2D eigenvalue weighted by atomic mass is 10.2. The highest BCUT2D eigenvalue weighted by Gasteiger charge is 2.07. The number of aromatic nitrogens is 1. The lowest BCUT2D eigenvalue weighted by molar-refractivity contribution is 0.0953. The summed E-state index contributed by atoms with van der Waals surface area (Å²) < 4.78 is 5.64. The van der Waals surface area contributed by atoms with E-state index in [1.54, 1.807) is 18.3 Å². The van der Waals surface area contributed by atoms with Gasteiger partial charge in [-0.05, 0) is 36.2 Å². The van der Waals surface area contributed by atoms with Crippen molar-refractivity contribution in [2.45, 2.75) is 20.3 Å². The molecule has 1 aromatic carbocycles. The van der Waals surface area contributed by atoms with E-state index in [4.69, 9.17) is 4.74 Å². The standard InChI is InChI=1S/C18H22N2O2/c1-14(2)13-22-17-8-5-6-15(12-17)18(21)20-11-9-16-7-3-4-10-19-16/h3-8,10,12,14H,9,11,13H2,1-2H3,(H,20,21). The summed E-state index contributed by atoms with van der Waals surface area (Å²) in [7, 11) is 0. The lowest BCUT2D eigenvalue weighted by Crippen LogP contribution is -2.25. The molecule has 1 N–H and O–H groups in total. The number of rotatable bonds is 7. The fraction of sp³-hybridized carbons (Fsp3) is 0.333. The van der Waals surface area contributed by atoms with Crippen LogP contribution in [0.2, 0.25) is 0 Å². The highest BCUT2D eigenvalue weighted by molar-refractivity contribution is 5.94. The van der Waals surface area contributed by atoms with Gasteiger partial charge in [-0.1, -0.05) is 26.0 Å². The van der Waals surface area contributed by atoms with Gasteiger partial charge in [0.15, 0.2) is 0 Å². The maximum Gasteiger partial charge on any atom is 0.251 e. The molecule has 0 atom stereocenters. The number of nitrogens with zero attached hydrogens (tertiary/aromatic N) is 1. The van der Waals surface area contributed by atoms with Crippen LogP contribution in [0.5, 0.6) is 5.75 Å². The molecule has 1 aromatic heterocycles. The lowest BCUT2D eigenvalue weighted by Gasteiger charge is -2.10. The summed E-state index contributed by atoms with van der Waals surface area (Å²) >= 11 is 0. The Hall–Kier alpha value is -2.36. The molecule has 116 valence electrons. The van der Waals surface area contributed by atoms with Crippen LogP contribution >= 0.6 is 0 Å². The smallest absolute Gasteiger partial charge is 0.251 e. The van der Waals surface area contributed by atoms with E-state index in [1.165, 1.54) is 0 Å². The maximum absolute atomic E-state index is 12.1. The highest BCUT2D eigenvalue weighted by Crippen LogP contribution is 2.14. The van der Waals surface area contributed by atoms with Crippen molar-refractivity contribution in [1.29, 1.82) is 0 Å². The summed E-state index contributed by atoms with van der Waals surface area (Å²) in [6.07, 6.45) is 2.48. The number of carbonyl (C=O) groups excluding carboxylic acids is 1. The van der Waals surface area contributed by atoms with Crippen LogP contribution in [0.3, 0.4) is 0 Å². The van der Waals surface area contributed by atoms with Gasteiger partial charge in [-0.15, -0.1) is 0 Å². The van der Waals surface area contributed by atoms with Crippen LogP contribution in [0.4, 0.5) is 0 Å². The van der Waals surface area contributed by atoms with E-state index >= 15 is 0 Å². The normalized spacial score (nSPS) is 10.5. The first-order chi connectivity index (χ1) is 10.6. The average Bonchev–Trinajstić information content (AvgIpc) is 2.54. The molecule has 4 nitrogen and oxygen atoms in total. The summed E-state index contributed by atoms with van der Waals surface area (Å²) in [5.74, 6) is 1.09. The highest BCUT2D eigenvalue weighted by atomic mass is 16.5. The molecular weight excluding hydrogens is 276 g/mol. The fourth-order valence-corrected chi connectivity index (χ4v) is 1.94. The first-order valence-electron chi connectivity index (χ1n) is 7.56. The number of amides is 1. The van der Waals surface area contributed by atoms with Gasteiger partial charge in [-0.2, -0.15) is 0 Å². The number of pyridine rings is 1. The van der Waals surface area contributed by atoms with Gasteiger partial charge in [0.05, 0.1) is 6.61 Å². The molecular formula is C18H22N2O2. The molecule has 0 spiro atoms. The largest absolute Gasteiger partial charge is 0.493 e. The number of hydrogen-bond donors (Lipinski definition) is 1. The van der Waals surface area contributed by atoms with Crippen LogP contribution in [-0.4, -0.2) is 24.0 Å². The van der Waals surface area contributed by atoms with Crippen molar-refractivity contribution >= 4 is 5.91 Å². The molecule has 1 heterocycles. The van der Waals surface area contributed by atoms with E-state index in [1.807, 2.05) is 30.3 Å². The Balaban J connectivity index is 1.85. The van der Waals surface area contributed by atoms with Crippen LogP contribution in [0.1, 0.15) is 29.9 Å². The first-order valence-corrected chi connectivity index (χ1v) is 7.56. The van der Waals surface area contributed by atoms with Gasteiger partial charge < -0.3 is 10.1 Å². The molecule has 0 aliphatic rings. The summed E-state index contributed by atoms with van der Waals surface area (Å²) in [6.45, 7) is 5.39. The van der Waals surface area contributed by atoms with Crippen LogP contribution < -0.4 is 10.1 Å². The summed E-state index contributed by atoms with van der Waals surface area (Å²) in [6, 6.07) is 13.0. The van der Waals surface area contributed by atoms with Gasteiger partial charge in [-0.25, -0.2) is 0 Å². The minimum absolute atomic E-state index is 0.0917. The summed E-state index contributed by atoms with van der Waals surface area (Å²) in [5.41, 5.74) is 1.58. The van der Waals surface area contributed by atoms with Crippen molar-refractivity contribution in [2.24, 2.45) is 5.92 Å². The van der Waals surface area contributed by atoms with Crippen LogP contribution in [0, 0.1) is 5.92 Å². The van der Waals surface area contributed by atoms with Crippen molar-refractivity contribution in [3.05, 3.63) is 59.9 Å². The molecule has 0 bridgehead atoms. The van der Waals surface area contributed by atoms with E-state index < -0.39 is 0 Å². The Labute approximate surface area is 131 Å². The second-order valence-corrected chi connectivity index (χ2v) is 5.56. The molecule has 1 amide bonds. The first kappa shape index (κ1) is 16.0. The minimum atomic E-state index is -0.0917. The molecule has 0 saturated carbocycles. The number of benzene rings is 1. The van der Waals surface area contributed by atoms with Gasteiger partial charge >= 0.3 is 0 Å².